The third-order valence-electron chi connectivity index (χ3n) is 3.94. The molecule has 1 unspecified atom stereocenters. The quantitative estimate of drug-likeness (QED) is 0.596. The van der Waals surface area contributed by atoms with Gasteiger partial charge in [-0.1, -0.05) is 0 Å². The second-order valence-electron chi connectivity index (χ2n) is 5.81. The summed E-state index contributed by atoms with van der Waals surface area (Å²) >= 11 is -1.39. The van der Waals surface area contributed by atoms with Crippen molar-refractivity contribution in [3.63, 3.8) is 0 Å². The molecule has 5 nitrogen and oxygen atoms in total. The molecule has 0 amide bonds. The van der Waals surface area contributed by atoms with Crippen molar-refractivity contribution in [1.29, 1.82) is 0 Å². The van der Waals surface area contributed by atoms with Crippen LogP contribution in [0.15, 0.2) is 72.8 Å². The molecule has 0 aliphatic carbocycles. The summed E-state index contributed by atoms with van der Waals surface area (Å²) in [5.74, 6) is -2.43. The van der Waals surface area contributed by atoms with Crippen LogP contribution in [0.5, 0.6) is 0 Å². The van der Waals surface area contributed by atoms with Crippen LogP contribution >= 0.6 is 0 Å². The van der Waals surface area contributed by atoms with Crippen molar-refractivity contribution in [3.05, 3.63) is 89.5 Å². The van der Waals surface area contributed by atoms with Gasteiger partial charge in [0.25, 0.3) is 0 Å². The normalized spacial score (nSPS) is 10.8. The molecule has 3 aromatic rings. The Morgan fingerprint density at radius 3 is 1.67 bits per heavy atom. The Morgan fingerprint density at radius 2 is 1.15 bits per heavy atom. The third-order valence-corrected chi connectivity index (χ3v) is 6.23. The molecule has 0 fully saturated rings. The monoisotopic (exact) mass is 422 g/mol. The summed E-state index contributed by atoms with van der Waals surface area (Å²) in [5, 5.41) is 18.3. The molecule has 0 saturated heterocycles. The number of carbonyl (C=O) groups is 3. The van der Waals surface area contributed by atoms with Crippen LogP contribution in [0.3, 0.4) is 0 Å². The summed E-state index contributed by atoms with van der Waals surface area (Å²) in [6, 6.07) is 20.9. The fourth-order valence-electron chi connectivity index (χ4n) is 2.59. The van der Waals surface area contributed by atoms with Gasteiger partial charge in [0, 0.05) is 0 Å². The van der Waals surface area contributed by atoms with Crippen molar-refractivity contribution in [2.75, 3.05) is 0 Å². The van der Waals surface area contributed by atoms with Crippen LogP contribution in [0.4, 0.5) is 0 Å². The molecule has 0 bridgehead atoms. The third kappa shape index (κ3) is 4.52. The molecule has 3 aromatic carbocycles. The van der Waals surface area contributed by atoms with Gasteiger partial charge in [-0.25, -0.2) is 0 Å². The first kappa shape index (κ1) is 18.6. The number of hydrogen-bond donors (Lipinski definition) is 2. The van der Waals surface area contributed by atoms with Gasteiger partial charge in [0.2, 0.25) is 0 Å². The minimum absolute atomic E-state index is 0.0894. The van der Waals surface area contributed by atoms with Crippen LogP contribution in [0.2, 0.25) is 0 Å². The van der Waals surface area contributed by atoms with E-state index in [9.17, 15) is 14.4 Å². The number of carboxylic acid groups (broad SMARTS) is 2. The van der Waals surface area contributed by atoms with Crippen LogP contribution in [-0.2, 0) is 0 Å². The molecule has 3 rings (SSSR count). The molecule has 0 aliphatic rings. The molecule has 134 valence electrons. The Morgan fingerprint density at radius 1 is 0.630 bits per heavy atom. The van der Waals surface area contributed by atoms with Gasteiger partial charge >= 0.3 is 162 Å². The average molecular weight is 422 g/mol. The second-order valence-corrected chi connectivity index (χ2v) is 8.50. The van der Waals surface area contributed by atoms with Crippen molar-refractivity contribution >= 4 is 36.6 Å². The van der Waals surface area contributed by atoms with E-state index in [0.717, 1.165) is 17.2 Å². The predicted molar refractivity (Wildman–Crippen MR) is 103 cm³/mol. The van der Waals surface area contributed by atoms with Crippen LogP contribution in [0, 0.1) is 0 Å². The van der Waals surface area contributed by atoms with Crippen LogP contribution < -0.4 is 4.35 Å². The first-order chi connectivity index (χ1) is 12.9. The van der Waals surface area contributed by atoms with Gasteiger partial charge in [0.05, 0.1) is 0 Å². The molecule has 6 heteroatoms. The van der Waals surface area contributed by atoms with Gasteiger partial charge in [-0.15, -0.1) is 0 Å². The Kier molecular flexibility index (Phi) is 5.53. The standard InChI is InChI=1S/C21H15AsO5/c23-19(15-8-6-14(7-9-15)13-4-2-1-3-5-13)22-18-11-16(20(24)25)10-17(12-18)21(26)27/h1-12,22H,(H,24,25)(H,26,27). The molecule has 1 atom stereocenters. The van der Waals surface area contributed by atoms with Gasteiger partial charge in [-0.05, 0) is 0 Å². The van der Waals surface area contributed by atoms with E-state index in [1.807, 2.05) is 42.5 Å². The zero-order valence-electron chi connectivity index (χ0n) is 14.0. The molecule has 2 N–H and O–H groups in total. The SMILES string of the molecule is O=C(O)c1cc([AsH]C(=O)c2ccc(-c3ccccc3)cc2)cc(C(=O)O)c1. The summed E-state index contributed by atoms with van der Waals surface area (Å²) in [6.07, 6.45) is 0. The fraction of sp³-hybridized carbons (Fsp3) is 0. The average Bonchev–Trinajstić information content (AvgIpc) is 2.68. The number of carboxylic acids is 2. The van der Waals surface area contributed by atoms with Crippen LogP contribution in [0.25, 0.3) is 11.1 Å². The van der Waals surface area contributed by atoms with Gasteiger partial charge in [0.15, 0.2) is 0 Å². The summed E-state index contributed by atoms with van der Waals surface area (Å²) in [5.41, 5.74) is 2.33. The molecular weight excluding hydrogens is 407 g/mol. The van der Waals surface area contributed by atoms with E-state index in [2.05, 4.69) is 0 Å². The first-order valence-electron chi connectivity index (χ1n) is 8.02. The van der Waals surface area contributed by atoms with Crippen LogP contribution in [-0.4, -0.2) is 42.5 Å². The summed E-state index contributed by atoms with van der Waals surface area (Å²) in [4.78, 5) is 35.0. The molecule has 0 aliphatic heterocycles. The van der Waals surface area contributed by atoms with E-state index in [4.69, 9.17) is 10.2 Å². The van der Waals surface area contributed by atoms with E-state index in [1.165, 1.54) is 12.1 Å². The van der Waals surface area contributed by atoms with Crippen LogP contribution in [0.1, 0.15) is 31.1 Å². The number of carbonyl (C=O) groups excluding carboxylic acids is 1. The van der Waals surface area contributed by atoms with Gasteiger partial charge in [-0.2, -0.15) is 0 Å². The van der Waals surface area contributed by atoms with Crippen molar-refractivity contribution in [2.24, 2.45) is 0 Å². The van der Waals surface area contributed by atoms with E-state index in [1.54, 1.807) is 12.1 Å². The number of aromatic carboxylic acids is 2. The second kappa shape index (κ2) is 8.02. The van der Waals surface area contributed by atoms with Gasteiger partial charge in [0.1, 0.15) is 0 Å². The van der Waals surface area contributed by atoms with Gasteiger partial charge < -0.3 is 0 Å². The molecule has 0 heterocycles. The predicted octanol–water partition coefficient (Wildman–Crippen LogP) is 2.65. The number of rotatable bonds is 6. The van der Waals surface area contributed by atoms with Crippen molar-refractivity contribution < 1.29 is 24.6 Å². The zero-order valence-corrected chi connectivity index (χ0v) is 16.1. The maximum atomic E-state index is 12.6. The van der Waals surface area contributed by atoms with E-state index >= 15 is 0 Å². The van der Waals surface area contributed by atoms with Crippen molar-refractivity contribution in [2.45, 2.75) is 0 Å². The van der Waals surface area contributed by atoms with E-state index in [0.29, 0.717) is 9.91 Å². The molecule has 0 aromatic heterocycles. The summed E-state index contributed by atoms with van der Waals surface area (Å²) < 4.78 is 0.387. The maximum absolute atomic E-state index is 12.6. The Hall–Kier alpha value is -3.17. The Bertz CT molecular complexity index is 978. The van der Waals surface area contributed by atoms with Crippen molar-refractivity contribution in [3.8, 4) is 11.1 Å². The summed E-state index contributed by atoms with van der Waals surface area (Å²) in [7, 11) is 0. The Balaban J connectivity index is 1.83. The molecule has 0 spiro atoms. The number of hydrogen-bond acceptors (Lipinski definition) is 3. The topological polar surface area (TPSA) is 91.7 Å². The first-order valence-corrected chi connectivity index (χ1v) is 10.1. The molecular formula is C21H15AsO5. The summed E-state index contributed by atoms with van der Waals surface area (Å²) in [6.45, 7) is 0. The van der Waals surface area contributed by atoms with Gasteiger partial charge in [-0.3, -0.25) is 0 Å². The minimum atomic E-state index is -1.39. The Labute approximate surface area is 162 Å². The molecule has 0 saturated carbocycles. The van der Waals surface area contributed by atoms with Crippen molar-refractivity contribution in [1.82, 2.24) is 0 Å². The van der Waals surface area contributed by atoms with E-state index in [-0.39, 0.29) is 15.7 Å². The van der Waals surface area contributed by atoms with E-state index < -0.39 is 27.7 Å². The molecule has 0 radical (unpaired) electrons. The zero-order chi connectivity index (χ0) is 19.4. The molecule has 27 heavy (non-hydrogen) atoms. The number of benzene rings is 3. The fourth-order valence-corrected chi connectivity index (χ4v) is 4.75.